The Morgan fingerprint density at radius 2 is 1.77 bits per heavy atom. The van der Waals surface area contributed by atoms with Gasteiger partial charge in [-0.15, -0.1) is 0 Å². The minimum absolute atomic E-state index is 0.00835. The van der Waals surface area contributed by atoms with Crippen LogP contribution in [0.3, 0.4) is 0 Å². The fourth-order valence-corrected chi connectivity index (χ4v) is 3.87. The number of anilines is 1. The molecule has 0 bridgehead atoms. The average molecular weight is 475 g/mol. The van der Waals surface area contributed by atoms with Gasteiger partial charge in [0.25, 0.3) is 11.8 Å². The number of nitrogens with zero attached hydrogens (tertiary/aromatic N) is 3. The molecule has 2 heterocycles. The first-order valence-corrected chi connectivity index (χ1v) is 11.2. The Balaban J connectivity index is 1.45. The third-order valence-corrected chi connectivity index (χ3v) is 5.83. The molecule has 0 radical (unpaired) electrons. The molecule has 3 amide bonds. The van der Waals surface area contributed by atoms with Gasteiger partial charge in [-0.1, -0.05) is 42.5 Å². The molecule has 180 valence electrons. The SMILES string of the molecule is Nc1ncc(-c2cccc(C(=O)NCc3ccccc3)c2)nc1C(=O)NC1CCN(C(=O)O)CC1. The molecule has 0 spiro atoms. The van der Waals surface area contributed by atoms with E-state index in [2.05, 4.69) is 20.6 Å². The zero-order valence-corrected chi connectivity index (χ0v) is 19.0. The molecule has 0 saturated carbocycles. The number of rotatable bonds is 6. The third kappa shape index (κ3) is 5.91. The molecule has 0 atom stereocenters. The lowest BCUT2D eigenvalue weighted by Crippen LogP contribution is -2.46. The number of likely N-dealkylation sites (tertiary alicyclic amines) is 1. The van der Waals surface area contributed by atoms with Gasteiger partial charge >= 0.3 is 6.09 Å². The monoisotopic (exact) mass is 474 g/mol. The Kier molecular flexibility index (Phi) is 7.20. The molecule has 1 fully saturated rings. The Morgan fingerprint density at radius 1 is 1.03 bits per heavy atom. The zero-order valence-electron chi connectivity index (χ0n) is 19.0. The first kappa shape index (κ1) is 23.7. The van der Waals surface area contributed by atoms with Crippen molar-refractivity contribution < 1.29 is 19.5 Å². The number of nitrogen functional groups attached to an aromatic ring is 1. The van der Waals surface area contributed by atoms with Crippen molar-refractivity contribution in [2.45, 2.75) is 25.4 Å². The molecular formula is C25H26N6O4. The maximum atomic E-state index is 12.8. The van der Waals surface area contributed by atoms with Crippen LogP contribution in [-0.2, 0) is 6.54 Å². The fraction of sp³-hybridized carbons (Fsp3) is 0.240. The van der Waals surface area contributed by atoms with Gasteiger partial charge in [-0.2, -0.15) is 0 Å². The summed E-state index contributed by atoms with van der Waals surface area (Å²) < 4.78 is 0. The molecule has 3 aromatic rings. The zero-order chi connectivity index (χ0) is 24.8. The van der Waals surface area contributed by atoms with Gasteiger partial charge in [0.1, 0.15) is 0 Å². The fourth-order valence-electron chi connectivity index (χ4n) is 3.87. The predicted octanol–water partition coefficient (Wildman–Crippen LogP) is 2.53. The molecule has 1 aromatic heterocycles. The molecule has 2 aromatic carbocycles. The van der Waals surface area contributed by atoms with Crippen LogP contribution in [0.4, 0.5) is 10.6 Å². The summed E-state index contributed by atoms with van der Waals surface area (Å²) in [5.74, 6) is -0.710. The maximum absolute atomic E-state index is 12.8. The highest BCUT2D eigenvalue weighted by Crippen LogP contribution is 2.21. The molecule has 10 nitrogen and oxygen atoms in total. The molecule has 0 unspecified atom stereocenters. The van der Waals surface area contributed by atoms with Crippen LogP contribution in [0.25, 0.3) is 11.3 Å². The van der Waals surface area contributed by atoms with Crippen molar-refractivity contribution in [3.63, 3.8) is 0 Å². The van der Waals surface area contributed by atoms with Crippen molar-refractivity contribution in [1.82, 2.24) is 25.5 Å². The third-order valence-electron chi connectivity index (χ3n) is 5.83. The van der Waals surface area contributed by atoms with Gasteiger partial charge in [0.2, 0.25) is 0 Å². The second-order valence-electron chi connectivity index (χ2n) is 8.26. The molecule has 1 aliphatic heterocycles. The van der Waals surface area contributed by atoms with E-state index >= 15 is 0 Å². The van der Waals surface area contributed by atoms with Crippen molar-refractivity contribution in [2.24, 2.45) is 0 Å². The molecular weight excluding hydrogens is 448 g/mol. The molecule has 4 rings (SSSR count). The van der Waals surface area contributed by atoms with Gasteiger partial charge in [-0.05, 0) is 30.5 Å². The summed E-state index contributed by atoms with van der Waals surface area (Å²) in [4.78, 5) is 46.4. The molecule has 0 aliphatic carbocycles. The van der Waals surface area contributed by atoms with Crippen molar-refractivity contribution in [3.05, 3.63) is 77.6 Å². The first-order valence-electron chi connectivity index (χ1n) is 11.2. The van der Waals surface area contributed by atoms with Crippen LogP contribution in [0, 0.1) is 0 Å². The van der Waals surface area contributed by atoms with E-state index in [0.29, 0.717) is 49.3 Å². The smallest absolute Gasteiger partial charge is 0.407 e. The number of carbonyl (C=O) groups excluding carboxylic acids is 2. The largest absolute Gasteiger partial charge is 0.465 e. The van der Waals surface area contributed by atoms with E-state index in [0.717, 1.165) is 5.56 Å². The highest BCUT2D eigenvalue weighted by molar-refractivity contribution is 5.97. The van der Waals surface area contributed by atoms with E-state index < -0.39 is 12.0 Å². The minimum atomic E-state index is -0.964. The van der Waals surface area contributed by atoms with Crippen molar-refractivity contribution in [1.29, 1.82) is 0 Å². The van der Waals surface area contributed by atoms with Gasteiger partial charge < -0.3 is 26.4 Å². The van der Waals surface area contributed by atoms with E-state index in [-0.39, 0.29) is 23.5 Å². The van der Waals surface area contributed by atoms with Gasteiger partial charge in [-0.3, -0.25) is 9.59 Å². The standard InChI is InChI=1S/C25H26N6O4/c26-22-21(24(33)29-19-9-11-31(12-10-19)25(34)35)30-20(15-27-22)17-7-4-8-18(13-17)23(32)28-14-16-5-2-1-3-6-16/h1-8,13,15,19H,9-12,14H2,(H2,26,27)(H,28,32)(H,29,33)(H,34,35). The first-order chi connectivity index (χ1) is 16.9. The quantitative estimate of drug-likeness (QED) is 0.429. The number of hydrogen-bond acceptors (Lipinski definition) is 6. The van der Waals surface area contributed by atoms with Gasteiger partial charge in [0.05, 0.1) is 11.9 Å². The lowest BCUT2D eigenvalue weighted by molar-refractivity contribution is 0.0901. The van der Waals surface area contributed by atoms with Crippen LogP contribution in [0.15, 0.2) is 60.8 Å². The van der Waals surface area contributed by atoms with Crippen LogP contribution in [-0.4, -0.2) is 57.0 Å². The topological polar surface area (TPSA) is 151 Å². The summed E-state index contributed by atoms with van der Waals surface area (Å²) in [7, 11) is 0. The Morgan fingerprint density at radius 3 is 2.49 bits per heavy atom. The van der Waals surface area contributed by atoms with Gasteiger partial charge in [-0.25, -0.2) is 14.8 Å². The molecule has 5 N–H and O–H groups in total. The van der Waals surface area contributed by atoms with Gasteiger partial charge in [0.15, 0.2) is 11.5 Å². The summed E-state index contributed by atoms with van der Waals surface area (Å²) in [6.45, 7) is 1.10. The van der Waals surface area contributed by atoms with E-state index in [4.69, 9.17) is 10.8 Å². The number of nitrogens with one attached hydrogen (secondary N) is 2. The van der Waals surface area contributed by atoms with Crippen LogP contribution in [0.1, 0.15) is 39.3 Å². The van der Waals surface area contributed by atoms with Crippen molar-refractivity contribution in [3.8, 4) is 11.3 Å². The summed E-state index contributed by atoms with van der Waals surface area (Å²) in [6.07, 6.45) is 1.50. The number of amides is 3. The number of benzene rings is 2. The van der Waals surface area contributed by atoms with E-state index in [1.165, 1.54) is 11.1 Å². The maximum Gasteiger partial charge on any atom is 0.407 e. The number of carboxylic acid groups (broad SMARTS) is 1. The highest BCUT2D eigenvalue weighted by Gasteiger charge is 2.25. The summed E-state index contributed by atoms with van der Waals surface area (Å²) in [6, 6.07) is 16.3. The Labute approximate surface area is 202 Å². The molecule has 10 heteroatoms. The van der Waals surface area contributed by atoms with E-state index in [9.17, 15) is 14.4 Å². The Hall–Kier alpha value is -4.47. The molecule has 1 saturated heterocycles. The van der Waals surface area contributed by atoms with Crippen LogP contribution < -0.4 is 16.4 Å². The normalized spacial score (nSPS) is 13.8. The number of hydrogen-bond donors (Lipinski definition) is 4. The second kappa shape index (κ2) is 10.6. The Bertz CT molecular complexity index is 1230. The van der Waals surface area contributed by atoms with E-state index in [1.54, 1.807) is 24.3 Å². The average Bonchev–Trinajstić information content (AvgIpc) is 2.88. The molecule has 35 heavy (non-hydrogen) atoms. The van der Waals surface area contributed by atoms with Crippen LogP contribution >= 0.6 is 0 Å². The van der Waals surface area contributed by atoms with Crippen LogP contribution in [0.2, 0.25) is 0 Å². The lowest BCUT2D eigenvalue weighted by Gasteiger charge is -2.30. The predicted molar refractivity (Wildman–Crippen MR) is 130 cm³/mol. The van der Waals surface area contributed by atoms with E-state index in [1.807, 2.05) is 30.3 Å². The van der Waals surface area contributed by atoms with Gasteiger partial charge in [0, 0.05) is 36.8 Å². The number of carbonyl (C=O) groups is 3. The number of nitrogens with two attached hydrogens (primary N) is 1. The lowest BCUT2D eigenvalue weighted by atomic mass is 10.1. The van der Waals surface area contributed by atoms with Crippen LogP contribution in [0.5, 0.6) is 0 Å². The summed E-state index contributed by atoms with van der Waals surface area (Å²) >= 11 is 0. The summed E-state index contributed by atoms with van der Waals surface area (Å²) in [5, 5.41) is 14.8. The highest BCUT2D eigenvalue weighted by atomic mass is 16.4. The minimum Gasteiger partial charge on any atom is -0.465 e. The van der Waals surface area contributed by atoms with Crippen molar-refractivity contribution in [2.75, 3.05) is 18.8 Å². The molecule has 1 aliphatic rings. The number of piperidine rings is 1. The number of aromatic nitrogens is 2. The summed E-state index contributed by atoms with van der Waals surface area (Å²) in [5.41, 5.74) is 8.38. The van der Waals surface area contributed by atoms with Crippen molar-refractivity contribution >= 4 is 23.7 Å². The second-order valence-corrected chi connectivity index (χ2v) is 8.26.